The van der Waals surface area contributed by atoms with Crippen LogP contribution in [0, 0.1) is 12.3 Å². The minimum Gasteiger partial charge on any atom is -0.374 e. The molecule has 0 bridgehead atoms. The summed E-state index contributed by atoms with van der Waals surface area (Å²) in [4.78, 5) is 0. The second-order valence-electron chi connectivity index (χ2n) is 2.70. The van der Waals surface area contributed by atoms with Gasteiger partial charge in [0.15, 0.2) is 0 Å². The van der Waals surface area contributed by atoms with Gasteiger partial charge in [0.25, 0.3) is 0 Å². The smallest absolute Gasteiger partial charge is 0.148 e. The van der Waals surface area contributed by atoms with Crippen LogP contribution in [-0.4, -0.2) is 5.11 Å². The standard InChI is InChI=1S/C10H9BrO/c1-3-10(2,12)8-6-4-5-7-9(8)11/h1,4-7,12H,2H3/t10-/m1/s1. The minimum absolute atomic E-state index is 0.715. The fourth-order valence-electron chi connectivity index (χ4n) is 0.934. The van der Waals surface area contributed by atoms with Gasteiger partial charge in [0.1, 0.15) is 5.60 Å². The van der Waals surface area contributed by atoms with Gasteiger partial charge in [-0.25, -0.2) is 0 Å². The summed E-state index contributed by atoms with van der Waals surface area (Å²) in [6, 6.07) is 7.36. The molecule has 2 heteroatoms. The summed E-state index contributed by atoms with van der Waals surface area (Å²) in [6.07, 6.45) is 5.19. The first-order valence-corrected chi connectivity index (χ1v) is 4.32. The Kier molecular flexibility index (Phi) is 2.56. The van der Waals surface area contributed by atoms with Crippen molar-refractivity contribution in [1.29, 1.82) is 0 Å². The molecule has 1 aromatic carbocycles. The van der Waals surface area contributed by atoms with Crippen LogP contribution in [-0.2, 0) is 5.60 Å². The molecule has 1 nitrogen and oxygen atoms in total. The van der Waals surface area contributed by atoms with Crippen molar-refractivity contribution >= 4 is 15.9 Å². The number of hydrogen-bond donors (Lipinski definition) is 1. The lowest BCUT2D eigenvalue weighted by molar-refractivity contribution is 0.121. The first-order valence-electron chi connectivity index (χ1n) is 3.53. The van der Waals surface area contributed by atoms with Crippen molar-refractivity contribution in [3.8, 4) is 12.3 Å². The highest BCUT2D eigenvalue weighted by Gasteiger charge is 2.21. The van der Waals surface area contributed by atoms with E-state index < -0.39 is 5.60 Å². The Morgan fingerprint density at radius 2 is 2.08 bits per heavy atom. The molecule has 12 heavy (non-hydrogen) atoms. The minimum atomic E-state index is -1.19. The largest absolute Gasteiger partial charge is 0.374 e. The number of hydrogen-bond acceptors (Lipinski definition) is 1. The Morgan fingerprint density at radius 1 is 1.50 bits per heavy atom. The molecular formula is C10H9BrO. The third kappa shape index (κ3) is 1.69. The number of aliphatic hydroxyl groups is 1. The average Bonchev–Trinajstić information content (AvgIpc) is 2.05. The van der Waals surface area contributed by atoms with E-state index in [4.69, 9.17) is 6.42 Å². The zero-order valence-corrected chi connectivity index (χ0v) is 8.30. The van der Waals surface area contributed by atoms with Crippen LogP contribution in [0.5, 0.6) is 0 Å². The van der Waals surface area contributed by atoms with E-state index in [0.717, 1.165) is 4.47 Å². The van der Waals surface area contributed by atoms with Crippen molar-refractivity contribution in [3.63, 3.8) is 0 Å². The van der Waals surface area contributed by atoms with Crippen molar-refractivity contribution < 1.29 is 5.11 Å². The first-order chi connectivity index (χ1) is 5.58. The summed E-state index contributed by atoms with van der Waals surface area (Å²) in [5.41, 5.74) is -0.479. The molecule has 0 aliphatic heterocycles. The molecule has 1 N–H and O–H groups in total. The van der Waals surface area contributed by atoms with Crippen molar-refractivity contribution in [1.82, 2.24) is 0 Å². The van der Waals surface area contributed by atoms with Crippen molar-refractivity contribution in [3.05, 3.63) is 34.3 Å². The molecular weight excluding hydrogens is 216 g/mol. The molecule has 0 saturated carbocycles. The maximum atomic E-state index is 9.71. The highest BCUT2D eigenvalue weighted by molar-refractivity contribution is 9.10. The second kappa shape index (κ2) is 3.30. The van der Waals surface area contributed by atoms with Crippen LogP contribution < -0.4 is 0 Å². The number of halogens is 1. The van der Waals surface area contributed by atoms with Gasteiger partial charge < -0.3 is 5.11 Å². The monoisotopic (exact) mass is 224 g/mol. The van der Waals surface area contributed by atoms with E-state index in [9.17, 15) is 5.11 Å². The summed E-state index contributed by atoms with van der Waals surface area (Å²) >= 11 is 3.32. The highest BCUT2D eigenvalue weighted by Crippen LogP contribution is 2.26. The van der Waals surface area contributed by atoms with E-state index >= 15 is 0 Å². The van der Waals surface area contributed by atoms with Gasteiger partial charge in [-0.05, 0) is 13.0 Å². The van der Waals surface area contributed by atoms with Crippen LogP contribution in [0.1, 0.15) is 12.5 Å². The van der Waals surface area contributed by atoms with Gasteiger partial charge in [-0.3, -0.25) is 0 Å². The van der Waals surface area contributed by atoms with Gasteiger partial charge in [0, 0.05) is 10.0 Å². The summed E-state index contributed by atoms with van der Waals surface area (Å²) in [5.74, 6) is 2.32. The molecule has 0 fully saturated rings. The lowest BCUT2D eigenvalue weighted by atomic mass is 9.97. The van der Waals surface area contributed by atoms with Gasteiger partial charge in [-0.2, -0.15) is 0 Å². The zero-order valence-electron chi connectivity index (χ0n) is 6.71. The topological polar surface area (TPSA) is 20.2 Å². The molecule has 0 spiro atoms. The predicted molar refractivity (Wildman–Crippen MR) is 52.5 cm³/mol. The maximum Gasteiger partial charge on any atom is 0.148 e. The van der Waals surface area contributed by atoms with Gasteiger partial charge in [0.2, 0.25) is 0 Å². The van der Waals surface area contributed by atoms with Crippen molar-refractivity contribution in [2.24, 2.45) is 0 Å². The molecule has 0 amide bonds. The molecule has 0 unspecified atom stereocenters. The third-order valence-electron chi connectivity index (χ3n) is 1.68. The molecule has 0 heterocycles. The van der Waals surface area contributed by atoms with E-state index in [2.05, 4.69) is 21.9 Å². The normalized spacial score (nSPS) is 14.8. The second-order valence-corrected chi connectivity index (χ2v) is 3.55. The fourth-order valence-corrected chi connectivity index (χ4v) is 1.60. The third-order valence-corrected chi connectivity index (χ3v) is 2.37. The molecule has 1 rings (SSSR count). The van der Waals surface area contributed by atoms with Crippen LogP contribution in [0.3, 0.4) is 0 Å². The summed E-state index contributed by atoms with van der Waals surface area (Å²) < 4.78 is 0.827. The average molecular weight is 225 g/mol. The van der Waals surface area contributed by atoms with E-state index in [1.807, 2.05) is 18.2 Å². The number of rotatable bonds is 1. The fraction of sp³-hybridized carbons (Fsp3) is 0.200. The van der Waals surface area contributed by atoms with Gasteiger partial charge in [0.05, 0.1) is 0 Å². The van der Waals surface area contributed by atoms with E-state index in [-0.39, 0.29) is 0 Å². The van der Waals surface area contributed by atoms with Crippen LogP contribution in [0.25, 0.3) is 0 Å². The highest BCUT2D eigenvalue weighted by atomic mass is 79.9. The van der Waals surface area contributed by atoms with Gasteiger partial charge >= 0.3 is 0 Å². The molecule has 1 atom stereocenters. The quantitative estimate of drug-likeness (QED) is 0.727. The van der Waals surface area contributed by atoms with Crippen LogP contribution in [0.4, 0.5) is 0 Å². The van der Waals surface area contributed by atoms with E-state index in [1.54, 1.807) is 13.0 Å². The summed E-state index contributed by atoms with van der Waals surface area (Å²) in [5, 5.41) is 9.71. The van der Waals surface area contributed by atoms with Crippen LogP contribution in [0.15, 0.2) is 28.7 Å². The zero-order chi connectivity index (χ0) is 9.19. The van der Waals surface area contributed by atoms with Crippen LogP contribution >= 0.6 is 15.9 Å². The lowest BCUT2D eigenvalue weighted by Gasteiger charge is -2.17. The molecule has 62 valence electrons. The van der Waals surface area contributed by atoms with E-state index in [0.29, 0.717) is 5.56 Å². The first kappa shape index (κ1) is 9.31. The Labute approximate surface area is 80.6 Å². The predicted octanol–water partition coefficient (Wildman–Crippen LogP) is 2.29. The van der Waals surface area contributed by atoms with E-state index in [1.165, 1.54) is 0 Å². The molecule has 0 aromatic heterocycles. The molecule has 0 aliphatic carbocycles. The lowest BCUT2D eigenvalue weighted by Crippen LogP contribution is -2.18. The Hall–Kier alpha value is -0.780. The molecule has 0 aliphatic rings. The Balaban J connectivity index is 3.22. The van der Waals surface area contributed by atoms with Gasteiger partial charge in [-0.15, -0.1) is 6.42 Å². The molecule has 0 radical (unpaired) electrons. The molecule has 1 aromatic rings. The van der Waals surface area contributed by atoms with Gasteiger partial charge in [-0.1, -0.05) is 40.0 Å². The van der Waals surface area contributed by atoms with Crippen LogP contribution in [0.2, 0.25) is 0 Å². The Morgan fingerprint density at radius 3 is 2.58 bits per heavy atom. The Bertz CT molecular complexity index is 323. The summed E-state index contributed by atoms with van der Waals surface area (Å²) in [7, 11) is 0. The SMILES string of the molecule is C#C[C@@](C)(O)c1ccccc1Br. The number of terminal acetylenes is 1. The maximum absolute atomic E-state index is 9.71. The summed E-state index contributed by atoms with van der Waals surface area (Å²) in [6.45, 7) is 1.59. The number of benzene rings is 1. The van der Waals surface area contributed by atoms with Crippen molar-refractivity contribution in [2.45, 2.75) is 12.5 Å². The molecule has 0 saturated heterocycles. The van der Waals surface area contributed by atoms with Crippen molar-refractivity contribution in [2.75, 3.05) is 0 Å².